The van der Waals surface area contributed by atoms with Gasteiger partial charge in [-0.05, 0) is 22.4 Å². The van der Waals surface area contributed by atoms with E-state index in [0.29, 0.717) is 0 Å². The van der Waals surface area contributed by atoms with Gasteiger partial charge < -0.3 is 30.7 Å². The second-order valence-corrected chi connectivity index (χ2v) is 9.70. The molecule has 162 valence electrons. The smallest absolute Gasteiger partial charge is 0.404 e. The zero-order valence-electron chi connectivity index (χ0n) is 15.0. The summed E-state index contributed by atoms with van der Waals surface area (Å²) >= 11 is 2.29. The molecule has 0 bridgehead atoms. The van der Waals surface area contributed by atoms with E-state index < -0.39 is 60.9 Å². The first-order valence-electron chi connectivity index (χ1n) is 8.22. The Morgan fingerprint density at radius 3 is 2.63 bits per heavy atom. The number of carboxylic acid groups (broad SMARTS) is 1. The topological polar surface area (TPSA) is 197 Å². The van der Waals surface area contributed by atoms with E-state index >= 15 is 0 Å². The zero-order chi connectivity index (χ0) is 22.2. The predicted molar refractivity (Wildman–Crippen MR) is 104 cm³/mol. The molecule has 3 heterocycles. The summed E-state index contributed by atoms with van der Waals surface area (Å²) in [6.45, 7) is -0.504. The van der Waals surface area contributed by atoms with E-state index in [1.807, 2.05) is 0 Å². The fraction of sp³-hybridized carbons (Fsp3) is 0.333. The number of hydrogen-bond donors (Lipinski definition) is 5. The van der Waals surface area contributed by atoms with Gasteiger partial charge in [-0.15, -0.1) is 11.8 Å². The number of carbonyl (C=O) groups is 4. The second kappa shape index (κ2) is 8.40. The number of fused-ring (bicyclic) bond motifs is 1. The van der Waals surface area contributed by atoms with Crippen LogP contribution in [0, 0.1) is 0 Å². The van der Waals surface area contributed by atoms with E-state index in [1.54, 1.807) is 5.38 Å². The van der Waals surface area contributed by atoms with Gasteiger partial charge in [-0.25, -0.2) is 4.79 Å². The third kappa shape index (κ3) is 4.23. The van der Waals surface area contributed by atoms with Gasteiger partial charge in [0.25, 0.3) is 5.91 Å². The van der Waals surface area contributed by atoms with Gasteiger partial charge in [0.05, 0.1) is 0 Å². The number of ether oxygens (including phenoxy) is 1. The molecule has 3 rings (SSSR count). The average molecular weight is 477 g/mol. The number of nitrogens with two attached hydrogens (primary N) is 1. The number of primary amides is 1. The van der Waals surface area contributed by atoms with Crippen LogP contribution in [0.5, 0.6) is 0 Å². The monoisotopic (exact) mass is 477 g/mol. The van der Waals surface area contributed by atoms with Crippen molar-refractivity contribution in [2.24, 2.45) is 5.73 Å². The lowest BCUT2D eigenvalue weighted by Gasteiger charge is -2.50. The molecular formula is C15H16N3O9PS2. The molecule has 0 aliphatic carbocycles. The molecule has 0 saturated carbocycles. The number of hydrogen-bond acceptors (Lipinski definition) is 8. The summed E-state index contributed by atoms with van der Waals surface area (Å²) in [7, 11) is -4.94. The first kappa shape index (κ1) is 22.3. The Kier molecular flexibility index (Phi) is 6.24. The van der Waals surface area contributed by atoms with Gasteiger partial charge in [0.2, 0.25) is 5.91 Å². The van der Waals surface area contributed by atoms with E-state index in [9.17, 15) is 38.6 Å². The lowest BCUT2D eigenvalue weighted by Crippen LogP contribution is -2.70. The van der Waals surface area contributed by atoms with Crippen molar-refractivity contribution in [1.82, 2.24) is 10.2 Å². The van der Waals surface area contributed by atoms with E-state index in [-0.39, 0.29) is 16.9 Å². The third-order valence-electron chi connectivity index (χ3n) is 4.36. The molecule has 2 aliphatic heterocycles. The zero-order valence-corrected chi connectivity index (χ0v) is 17.5. The van der Waals surface area contributed by atoms with Gasteiger partial charge in [0.15, 0.2) is 5.92 Å². The third-order valence-corrected chi connectivity index (χ3v) is 7.49. The van der Waals surface area contributed by atoms with Crippen LogP contribution in [0.4, 0.5) is 4.79 Å². The predicted octanol–water partition coefficient (Wildman–Crippen LogP) is -0.199. The molecular weight excluding hydrogens is 461 g/mol. The quantitative estimate of drug-likeness (QED) is 0.199. The van der Waals surface area contributed by atoms with Gasteiger partial charge in [-0.3, -0.25) is 23.8 Å². The van der Waals surface area contributed by atoms with Crippen LogP contribution >= 0.6 is 30.7 Å². The van der Waals surface area contributed by atoms with Crippen LogP contribution in [-0.4, -0.2) is 67.4 Å². The number of carbonyl (C=O) groups excluding carboxylic acids is 3. The molecule has 30 heavy (non-hydrogen) atoms. The Morgan fingerprint density at radius 2 is 2.10 bits per heavy atom. The first-order valence-corrected chi connectivity index (χ1v) is 11.8. The second-order valence-electron chi connectivity index (χ2n) is 6.30. The fourth-order valence-corrected chi connectivity index (χ4v) is 6.36. The molecule has 2 aliphatic rings. The summed E-state index contributed by atoms with van der Waals surface area (Å²) in [6, 6.07) is 0.315. The lowest BCUT2D eigenvalue weighted by molar-refractivity contribution is -0.149. The summed E-state index contributed by atoms with van der Waals surface area (Å²) in [6.07, 6.45) is -1.15. The van der Waals surface area contributed by atoms with Gasteiger partial charge >= 0.3 is 19.7 Å². The van der Waals surface area contributed by atoms with E-state index in [1.165, 1.54) is 22.8 Å². The molecule has 3 amide bonds. The van der Waals surface area contributed by atoms with Crippen LogP contribution in [0.15, 0.2) is 27.8 Å². The minimum Gasteiger partial charge on any atom is -0.480 e. The largest absolute Gasteiger partial charge is 0.480 e. The molecule has 0 spiro atoms. The molecule has 15 heteroatoms. The summed E-state index contributed by atoms with van der Waals surface area (Å²) in [5.41, 5.74) is 4.55. The Bertz CT molecular complexity index is 974. The van der Waals surface area contributed by atoms with Crippen LogP contribution in [0.25, 0.3) is 0 Å². The number of thiophene rings is 1. The minimum absolute atomic E-state index is 0.00142. The van der Waals surface area contributed by atoms with E-state index in [0.717, 1.165) is 16.7 Å². The van der Waals surface area contributed by atoms with Crippen LogP contribution < -0.4 is 11.1 Å². The summed E-state index contributed by atoms with van der Waals surface area (Å²) in [5.74, 6) is -4.65. The highest BCUT2D eigenvalue weighted by Crippen LogP contribution is 2.55. The van der Waals surface area contributed by atoms with Crippen molar-refractivity contribution in [2.75, 3.05) is 12.4 Å². The van der Waals surface area contributed by atoms with Crippen LogP contribution in [0.2, 0.25) is 0 Å². The highest BCUT2D eigenvalue weighted by Gasteiger charge is 2.56. The summed E-state index contributed by atoms with van der Waals surface area (Å²) in [5, 5.41) is 14.0. The molecule has 1 aromatic rings. The van der Waals surface area contributed by atoms with Crippen LogP contribution in [0.3, 0.4) is 0 Å². The SMILES string of the molecule is NC(=O)OCC1=C(P(=O)(O)O)N2C(=O)[C@@H](NC(=O)C(C(=O)O)c3ccsc3)[C@H]2SC1. The normalized spacial score (nSPS) is 22.1. The molecule has 6 N–H and O–H groups in total. The molecule has 1 saturated heterocycles. The first-order chi connectivity index (χ1) is 14.0. The minimum atomic E-state index is -4.94. The Labute approximate surface area is 177 Å². The number of nitrogens with zero attached hydrogens (tertiary/aromatic N) is 1. The van der Waals surface area contributed by atoms with Crippen LogP contribution in [0.1, 0.15) is 11.5 Å². The van der Waals surface area contributed by atoms with Crippen LogP contribution in [-0.2, 0) is 23.7 Å². The highest BCUT2D eigenvalue weighted by atomic mass is 32.2. The Hall–Kier alpha value is -2.38. The number of nitrogens with one attached hydrogen (secondary N) is 1. The number of β-lactam (4-membered cyclic amide) rings is 1. The molecule has 3 atom stereocenters. The van der Waals surface area contributed by atoms with Crippen molar-refractivity contribution in [2.45, 2.75) is 17.3 Å². The molecule has 1 fully saturated rings. The molecule has 1 unspecified atom stereocenters. The van der Waals surface area contributed by atoms with Gasteiger partial charge in [0, 0.05) is 11.3 Å². The fourth-order valence-electron chi connectivity index (χ4n) is 3.11. The number of rotatable bonds is 7. The summed E-state index contributed by atoms with van der Waals surface area (Å²) < 4.78 is 16.5. The van der Waals surface area contributed by atoms with E-state index in [4.69, 9.17) is 5.73 Å². The van der Waals surface area contributed by atoms with Crippen molar-refractivity contribution in [3.63, 3.8) is 0 Å². The molecule has 12 nitrogen and oxygen atoms in total. The van der Waals surface area contributed by atoms with Crippen molar-refractivity contribution >= 4 is 54.6 Å². The maximum Gasteiger partial charge on any atom is 0.404 e. The van der Waals surface area contributed by atoms with Crippen molar-refractivity contribution in [3.05, 3.63) is 33.4 Å². The molecule has 0 radical (unpaired) electrons. The molecule has 1 aromatic heterocycles. The maximum absolute atomic E-state index is 12.6. The van der Waals surface area contributed by atoms with Gasteiger partial charge in [-0.2, -0.15) is 11.3 Å². The van der Waals surface area contributed by atoms with Crippen molar-refractivity contribution in [3.8, 4) is 0 Å². The van der Waals surface area contributed by atoms with Gasteiger partial charge in [0.1, 0.15) is 23.5 Å². The van der Waals surface area contributed by atoms with E-state index in [2.05, 4.69) is 10.1 Å². The standard InChI is InChI=1S/C15H16N3O9PS2/c16-15(23)27-3-7-5-30-13-9(11(20)18(13)12(7)28(24,25)26)17-10(19)8(14(21)22)6-1-2-29-4-6/h1-2,4,8-9,13H,3,5H2,(H2,16,23)(H,17,19)(H,21,22)(H2,24,25,26)/t8?,9-,13-/m1/s1. The number of carboxylic acids is 1. The van der Waals surface area contributed by atoms with Crippen molar-refractivity contribution < 1.29 is 43.4 Å². The number of aliphatic carboxylic acids is 1. The Morgan fingerprint density at radius 1 is 1.40 bits per heavy atom. The Balaban J connectivity index is 1.81. The highest BCUT2D eigenvalue weighted by molar-refractivity contribution is 8.00. The lowest BCUT2D eigenvalue weighted by atomic mass is 9.99. The molecule has 0 aromatic carbocycles. The maximum atomic E-state index is 12.6. The summed E-state index contributed by atoms with van der Waals surface area (Å²) in [4.78, 5) is 67.7. The number of thioether (sulfide) groups is 1. The number of amides is 3. The average Bonchev–Trinajstić information content (AvgIpc) is 3.16. The van der Waals surface area contributed by atoms with Gasteiger partial charge in [-0.1, -0.05) is 0 Å². The van der Waals surface area contributed by atoms with Crippen molar-refractivity contribution in [1.29, 1.82) is 0 Å².